The number of likely N-dealkylation sites (tertiary alicyclic amines) is 1. The van der Waals surface area contributed by atoms with Crippen LogP contribution in [0.4, 0.5) is 17.3 Å². The van der Waals surface area contributed by atoms with Crippen LogP contribution in [0.5, 0.6) is 0 Å². The number of rotatable bonds is 11. The Hall–Kier alpha value is -3.76. The van der Waals surface area contributed by atoms with E-state index >= 15 is 0 Å². The maximum absolute atomic E-state index is 12.7. The summed E-state index contributed by atoms with van der Waals surface area (Å²) in [6.07, 6.45) is 3.89. The lowest BCUT2D eigenvalue weighted by atomic mass is 9.96. The summed E-state index contributed by atoms with van der Waals surface area (Å²) in [4.78, 5) is 40.2. The fraction of sp³-hybridized carbons (Fsp3) is 0.448. The van der Waals surface area contributed by atoms with Crippen LogP contribution in [0.25, 0.3) is 11.0 Å². The minimum atomic E-state index is -0.0900. The third-order valence-corrected chi connectivity index (χ3v) is 7.54. The van der Waals surface area contributed by atoms with E-state index in [1.165, 1.54) is 11.8 Å². The highest BCUT2D eigenvalue weighted by molar-refractivity contribution is 5.87. The Kier molecular flexibility index (Phi) is 8.53. The standard InChI is InChI=1S/C29H37N7O3/c1-3-26(37)35-20-22(21-35)11-12-36-27(38)10-5-23-19-30-29(32-28(23)36)31-24-6-8-25(9-7-24)34-15-13-33(14-16-34)17-18-39-4-2/h3,5-10,19,22H,1,4,11-18,20-21H2,2H3,(H,30,31,32). The second-order valence-corrected chi connectivity index (χ2v) is 10.1. The van der Waals surface area contributed by atoms with Crippen molar-refractivity contribution in [2.45, 2.75) is 19.9 Å². The van der Waals surface area contributed by atoms with Gasteiger partial charge in [0.25, 0.3) is 5.56 Å². The van der Waals surface area contributed by atoms with Gasteiger partial charge in [0, 0.05) is 88.0 Å². The van der Waals surface area contributed by atoms with Crippen LogP contribution in [0.2, 0.25) is 0 Å². The van der Waals surface area contributed by atoms with Crippen LogP contribution in [0.1, 0.15) is 13.3 Å². The van der Waals surface area contributed by atoms with Crippen molar-refractivity contribution in [2.24, 2.45) is 5.92 Å². The van der Waals surface area contributed by atoms with Gasteiger partial charge in [-0.1, -0.05) is 6.58 Å². The molecule has 0 bridgehead atoms. The number of carbonyl (C=O) groups excluding carboxylic acids is 1. The van der Waals surface area contributed by atoms with Gasteiger partial charge >= 0.3 is 0 Å². The molecule has 39 heavy (non-hydrogen) atoms. The van der Waals surface area contributed by atoms with E-state index < -0.39 is 0 Å². The minimum absolute atomic E-state index is 0.0408. The molecule has 0 radical (unpaired) electrons. The summed E-state index contributed by atoms with van der Waals surface area (Å²) >= 11 is 0. The maximum Gasteiger partial charge on any atom is 0.252 e. The first-order valence-corrected chi connectivity index (χ1v) is 13.7. The number of aryl methyl sites for hydroxylation is 1. The van der Waals surface area contributed by atoms with Gasteiger partial charge in [0.05, 0.1) is 6.61 Å². The zero-order valence-electron chi connectivity index (χ0n) is 22.6. The lowest BCUT2D eigenvalue weighted by molar-refractivity contribution is -0.132. The third kappa shape index (κ3) is 6.46. The number of nitrogens with one attached hydrogen (secondary N) is 1. The van der Waals surface area contributed by atoms with Crippen LogP contribution >= 0.6 is 0 Å². The van der Waals surface area contributed by atoms with Gasteiger partial charge in [-0.05, 0) is 55.7 Å². The number of amides is 1. The van der Waals surface area contributed by atoms with Crippen molar-refractivity contribution in [3.63, 3.8) is 0 Å². The number of pyridine rings is 1. The summed E-state index contributed by atoms with van der Waals surface area (Å²) in [5.74, 6) is 0.775. The van der Waals surface area contributed by atoms with E-state index in [1.54, 1.807) is 27.8 Å². The number of nitrogens with zero attached hydrogens (tertiary/aromatic N) is 6. The van der Waals surface area contributed by atoms with Crippen LogP contribution < -0.4 is 15.8 Å². The fourth-order valence-corrected chi connectivity index (χ4v) is 5.17. The fourth-order valence-electron chi connectivity index (χ4n) is 5.17. The Morgan fingerprint density at radius 3 is 2.59 bits per heavy atom. The smallest absolute Gasteiger partial charge is 0.252 e. The van der Waals surface area contributed by atoms with Crippen molar-refractivity contribution in [1.29, 1.82) is 0 Å². The zero-order chi connectivity index (χ0) is 27.2. The SMILES string of the molecule is C=CC(=O)N1CC(CCn2c(=O)ccc3cnc(Nc4ccc(N5CCN(CCOCC)CC5)cc4)nc32)C1. The minimum Gasteiger partial charge on any atom is -0.380 e. The molecular weight excluding hydrogens is 494 g/mol. The van der Waals surface area contributed by atoms with Gasteiger partial charge in [-0.15, -0.1) is 0 Å². The average molecular weight is 532 g/mol. The predicted molar refractivity (Wildman–Crippen MR) is 154 cm³/mol. The third-order valence-electron chi connectivity index (χ3n) is 7.54. The first kappa shape index (κ1) is 26.8. The molecular formula is C29H37N7O3. The Morgan fingerprint density at radius 2 is 1.87 bits per heavy atom. The molecule has 0 atom stereocenters. The van der Waals surface area contributed by atoms with Gasteiger partial charge in [-0.25, -0.2) is 4.98 Å². The molecule has 10 nitrogen and oxygen atoms in total. The highest BCUT2D eigenvalue weighted by atomic mass is 16.5. The van der Waals surface area contributed by atoms with Crippen molar-refractivity contribution in [1.82, 2.24) is 24.3 Å². The predicted octanol–water partition coefficient (Wildman–Crippen LogP) is 2.73. The van der Waals surface area contributed by atoms with Crippen molar-refractivity contribution >= 4 is 34.3 Å². The van der Waals surface area contributed by atoms with Crippen molar-refractivity contribution < 1.29 is 9.53 Å². The number of carbonyl (C=O) groups is 1. The molecule has 206 valence electrons. The number of anilines is 3. The molecule has 10 heteroatoms. The van der Waals surface area contributed by atoms with Gasteiger partial charge in [-0.2, -0.15) is 4.98 Å². The molecule has 4 heterocycles. The molecule has 1 aromatic carbocycles. The molecule has 0 aliphatic carbocycles. The number of aromatic nitrogens is 3. The number of hydrogen-bond acceptors (Lipinski definition) is 8. The first-order chi connectivity index (χ1) is 19.0. The maximum atomic E-state index is 12.7. The van der Waals surface area contributed by atoms with Crippen LogP contribution in [0, 0.1) is 5.92 Å². The van der Waals surface area contributed by atoms with Gasteiger partial charge in [0.1, 0.15) is 5.65 Å². The number of ether oxygens (including phenoxy) is 1. The quantitative estimate of drug-likeness (QED) is 0.298. The second kappa shape index (κ2) is 12.4. The Balaban J connectivity index is 1.20. The molecule has 2 saturated heterocycles. The average Bonchev–Trinajstić information content (AvgIpc) is 2.94. The summed E-state index contributed by atoms with van der Waals surface area (Å²) < 4.78 is 7.19. The summed E-state index contributed by atoms with van der Waals surface area (Å²) in [5, 5.41) is 4.10. The second-order valence-electron chi connectivity index (χ2n) is 10.1. The molecule has 1 amide bonds. The van der Waals surface area contributed by atoms with Gasteiger partial charge in [0.15, 0.2) is 0 Å². The van der Waals surface area contributed by atoms with E-state index in [2.05, 4.69) is 38.8 Å². The Morgan fingerprint density at radius 1 is 1.10 bits per heavy atom. The van der Waals surface area contributed by atoms with Crippen LogP contribution in [-0.4, -0.2) is 89.3 Å². The normalized spacial score (nSPS) is 16.3. The highest BCUT2D eigenvalue weighted by Crippen LogP contribution is 2.23. The molecule has 1 N–H and O–H groups in total. The largest absolute Gasteiger partial charge is 0.380 e. The molecule has 2 aliphatic rings. The van der Waals surface area contributed by atoms with E-state index in [0.29, 0.717) is 37.1 Å². The number of benzene rings is 1. The molecule has 0 spiro atoms. The topological polar surface area (TPSA) is 95.8 Å². The number of fused-ring (bicyclic) bond motifs is 1. The molecule has 2 aliphatic heterocycles. The molecule has 3 aromatic rings. The monoisotopic (exact) mass is 531 g/mol. The Labute approximate surface area is 228 Å². The molecule has 0 unspecified atom stereocenters. The molecule has 0 saturated carbocycles. The lowest BCUT2D eigenvalue weighted by Gasteiger charge is -2.38. The zero-order valence-corrected chi connectivity index (χ0v) is 22.6. The van der Waals surface area contributed by atoms with Gasteiger partial charge in [-0.3, -0.25) is 19.1 Å². The molecule has 5 rings (SSSR count). The Bertz CT molecular complexity index is 1340. The van der Waals surface area contributed by atoms with Crippen molar-refractivity contribution in [3.8, 4) is 0 Å². The molecule has 2 fully saturated rings. The summed E-state index contributed by atoms with van der Waals surface area (Å²) in [7, 11) is 0. The first-order valence-electron chi connectivity index (χ1n) is 13.7. The summed E-state index contributed by atoms with van der Waals surface area (Å²) in [6.45, 7) is 14.1. The summed E-state index contributed by atoms with van der Waals surface area (Å²) in [6, 6.07) is 11.6. The molecule has 2 aromatic heterocycles. The van der Waals surface area contributed by atoms with Gasteiger partial charge < -0.3 is 19.9 Å². The van der Waals surface area contributed by atoms with Crippen molar-refractivity contribution in [2.75, 3.05) is 69.2 Å². The van der Waals surface area contributed by atoms with Crippen molar-refractivity contribution in [3.05, 3.63) is 65.6 Å². The highest BCUT2D eigenvalue weighted by Gasteiger charge is 2.29. The summed E-state index contributed by atoms with van der Waals surface area (Å²) in [5.41, 5.74) is 2.60. The lowest BCUT2D eigenvalue weighted by Crippen LogP contribution is -2.49. The number of piperazine rings is 1. The number of hydrogen-bond donors (Lipinski definition) is 1. The van der Waals surface area contributed by atoms with Crippen LogP contribution in [0.15, 0.2) is 60.0 Å². The van der Waals surface area contributed by atoms with Gasteiger partial charge in [0.2, 0.25) is 11.9 Å². The van der Waals surface area contributed by atoms with E-state index in [1.807, 2.05) is 19.1 Å². The van der Waals surface area contributed by atoms with Crippen LogP contribution in [-0.2, 0) is 16.1 Å². The van der Waals surface area contributed by atoms with E-state index in [0.717, 1.165) is 63.4 Å². The van der Waals surface area contributed by atoms with E-state index in [4.69, 9.17) is 9.72 Å². The van der Waals surface area contributed by atoms with E-state index in [-0.39, 0.29) is 11.5 Å². The van der Waals surface area contributed by atoms with Crippen LogP contribution in [0.3, 0.4) is 0 Å². The van der Waals surface area contributed by atoms with E-state index in [9.17, 15) is 9.59 Å².